The summed E-state index contributed by atoms with van der Waals surface area (Å²) < 4.78 is 0. The Hall–Kier alpha value is -0.120. The number of nitrogens with zero attached hydrogens (tertiary/aromatic N) is 2. The van der Waals surface area contributed by atoms with Crippen LogP contribution in [0.4, 0.5) is 0 Å². The Bertz CT molecular complexity index is 186. The average molecular weight is 228 g/mol. The van der Waals surface area contributed by atoms with E-state index in [2.05, 4.69) is 30.7 Å². The van der Waals surface area contributed by atoms with Gasteiger partial charge in [-0.25, -0.2) is 0 Å². The fraction of sp³-hybridized carbons (Fsp3) is 1.00. The van der Waals surface area contributed by atoms with Crippen molar-refractivity contribution in [2.24, 2.45) is 0 Å². The maximum absolute atomic E-state index is 10.3. The molecule has 0 aromatic heterocycles. The molecule has 0 heterocycles. The minimum Gasteiger partial charge on any atom is -0.389 e. The van der Waals surface area contributed by atoms with Crippen LogP contribution in [-0.2, 0) is 0 Å². The van der Waals surface area contributed by atoms with Crippen molar-refractivity contribution in [1.82, 2.24) is 9.80 Å². The third-order valence-corrected chi connectivity index (χ3v) is 3.79. The zero-order chi connectivity index (χ0) is 12.0. The van der Waals surface area contributed by atoms with Crippen LogP contribution in [-0.4, -0.2) is 60.3 Å². The first-order valence-electron chi connectivity index (χ1n) is 6.73. The quantitative estimate of drug-likeness (QED) is 0.716. The van der Waals surface area contributed by atoms with E-state index in [0.29, 0.717) is 0 Å². The van der Waals surface area contributed by atoms with Crippen LogP contribution < -0.4 is 0 Å². The van der Waals surface area contributed by atoms with Gasteiger partial charge in [0.2, 0.25) is 0 Å². The standard InChI is InChI=1S/C13H28N2O/c1-4-15(5-2)11-10-14(3)12-13(16)8-6-7-9-13/h16H,4-12H2,1-3H3. The lowest BCUT2D eigenvalue weighted by molar-refractivity contribution is 0.0146. The Balaban J connectivity index is 2.22. The summed E-state index contributed by atoms with van der Waals surface area (Å²) in [5, 5.41) is 10.3. The van der Waals surface area contributed by atoms with Gasteiger partial charge < -0.3 is 14.9 Å². The zero-order valence-corrected chi connectivity index (χ0v) is 11.2. The lowest BCUT2D eigenvalue weighted by atomic mass is 10.0. The van der Waals surface area contributed by atoms with Crippen molar-refractivity contribution in [3.63, 3.8) is 0 Å². The van der Waals surface area contributed by atoms with Gasteiger partial charge in [-0.2, -0.15) is 0 Å². The third-order valence-electron chi connectivity index (χ3n) is 3.79. The number of aliphatic hydroxyl groups is 1. The molecule has 0 aliphatic heterocycles. The molecule has 0 bridgehead atoms. The molecule has 0 unspecified atom stereocenters. The van der Waals surface area contributed by atoms with E-state index in [1.165, 1.54) is 12.8 Å². The van der Waals surface area contributed by atoms with Crippen LogP contribution >= 0.6 is 0 Å². The molecule has 0 saturated heterocycles. The van der Waals surface area contributed by atoms with Crippen LogP contribution in [0, 0.1) is 0 Å². The summed E-state index contributed by atoms with van der Waals surface area (Å²) in [5.41, 5.74) is -0.391. The second-order valence-corrected chi connectivity index (χ2v) is 5.20. The van der Waals surface area contributed by atoms with E-state index in [0.717, 1.165) is 45.6 Å². The third kappa shape index (κ3) is 4.40. The van der Waals surface area contributed by atoms with E-state index in [1.807, 2.05) is 0 Å². The predicted molar refractivity (Wildman–Crippen MR) is 68.7 cm³/mol. The van der Waals surface area contributed by atoms with Gasteiger partial charge in [0.1, 0.15) is 0 Å². The van der Waals surface area contributed by atoms with E-state index in [-0.39, 0.29) is 0 Å². The summed E-state index contributed by atoms with van der Waals surface area (Å²) in [7, 11) is 2.12. The van der Waals surface area contributed by atoms with Gasteiger partial charge in [0.05, 0.1) is 5.60 Å². The molecule has 3 nitrogen and oxygen atoms in total. The first kappa shape index (κ1) is 13.9. The SMILES string of the molecule is CCN(CC)CCN(C)CC1(O)CCCC1. The van der Waals surface area contributed by atoms with Crippen molar-refractivity contribution < 1.29 is 5.11 Å². The molecule has 1 saturated carbocycles. The number of hydrogen-bond donors (Lipinski definition) is 1. The Morgan fingerprint density at radius 1 is 1.06 bits per heavy atom. The van der Waals surface area contributed by atoms with Gasteiger partial charge in [-0.15, -0.1) is 0 Å². The van der Waals surface area contributed by atoms with Gasteiger partial charge in [-0.3, -0.25) is 0 Å². The fourth-order valence-electron chi connectivity index (χ4n) is 2.62. The lowest BCUT2D eigenvalue weighted by Gasteiger charge is -2.30. The second kappa shape index (κ2) is 6.58. The van der Waals surface area contributed by atoms with Crippen molar-refractivity contribution in [1.29, 1.82) is 0 Å². The summed E-state index contributed by atoms with van der Waals surface area (Å²) in [6.45, 7) is 9.66. The molecule has 0 spiro atoms. The van der Waals surface area contributed by atoms with Crippen molar-refractivity contribution >= 4 is 0 Å². The Kier molecular flexibility index (Phi) is 5.73. The van der Waals surface area contributed by atoms with Gasteiger partial charge in [0.15, 0.2) is 0 Å². The molecule has 1 aliphatic rings. The lowest BCUT2D eigenvalue weighted by Crippen LogP contribution is -2.42. The fourth-order valence-corrected chi connectivity index (χ4v) is 2.62. The Morgan fingerprint density at radius 3 is 2.12 bits per heavy atom. The highest BCUT2D eigenvalue weighted by atomic mass is 16.3. The molecule has 96 valence electrons. The largest absolute Gasteiger partial charge is 0.389 e. The molecule has 0 radical (unpaired) electrons. The van der Waals surface area contributed by atoms with Crippen LogP contribution in [0.5, 0.6) is 0 Å². The molecule has 1 rings (SSSR count). The minimum atomic E-state index is -0.391. The molecular formula is C13H28N2O. The van der Waals surface area contributed by atoms with Crippen LogP contribution in [0.15, 0.2) is 0 Å². The van der Waals surface area contributed by atoms with Crippen molar-refractivity contribution in [2.45, 2.75) is 45.1 Å². The second-order valence-electron chi connectivity index (χ2n) is 5.20. The van der Waals surface area contributed by atoms with Gasteiger partial charge >= 0.3 is 0 Å². The first-order valence-corrected chi connectivity index (χ1v) is 6.73. The van der Waals surface area contributed by atoms with Crippen LogP contribution in [0.25, 0.3) is 0 Å². The van der Waals surface area contributed by atoms with Gasteiger partial charge in [0, 0.05) is 19.6 Å². The summed E-state index contributed by atoms with van der Waals surface area (Å²) in [6, 6.07) is 0. The number of hydrogen-bond acceptors (Lipinski definition) is 3. The van der Waals surface area contributed by atoms with Gasteiger partial charge in [-0.1, -0.05) is 26.7 Å². The van der Waals surface area contributed by atoms with E-state index in [1.54, 1.807) is 0 Å². The van der Waals surface area contributed by atoms with E-state index in [9.17, 15) is 5.11 Å². The van der Waals surface area contributed by atoms with Crippen molar-refractivity contribution in [3.05, 3.63) is 0 Å². The highest BCUT2D eigenvalue weighted by Crippen LogP contribution is 2.29. The molecule has 1 aliphatic carbocycles. The molecule has 1 N–H and O–H groups in total. The molecule has 3 heteroatoms. The topological polar surface area (TPSA) is 26.7 Å². The smallest absolute Gasteiger partial charge is 0.0774 e. The zero-order valence-electron chi connectivity index (χ0n) is 11.2. The minimum absolute atomic E-state index is 0.391. The van der Waals surface area contributed by atoms with E-state index < -0.39 is 5.60 Å². The van der Waals surface area contributed by atoms with E-state index >= 15 is 0 Å². The summed E-state index contributed by atoms with van der Waals surface area (Å²) >= 11 is 0. The van der Waals surface area contributed by atoms with Crippen molar-refractivity contribution in [2.75, 3.05) is 39.8 Å². The number of rotatable bonds is 7. The van der Waals surface area contributed by atoms with E-state index in [4.69, 9.17) is 0 Å². The van der Waals surface area contributed by atoms with Crippen molar-refractivity contribution in [3.8, 4) is 0 Å². The monoisotopic (exact) mass is 228 g/mol. The first-order chi connectivity index (χ1) is 7.59. The van der Waals surface area contributed by atoms with Crippen LogP contribution in [0.1, 0.15) is 39.5 Å². The van der Waals surface area contributed by atoms with Crippen LogP contribution in [0.3, 0.4) is 0 Å². The number of likely N-dealkylation sites (N-methyl/N-ethyl adjacent to an activating group) is 2. The highest BCUT2D eigenvalue weighted by molar-refractivity contribution is 4.86. The van der Waals surface area contributed by atoms with Gasteiger partial charge in [0.25, 0.3) is 0 Å². The molecule has 0 amide bonds. The Morgan fingerprint density at radius 2 is 1.62 bits per heavy atom. The molecule has 0 aromatic carbocycles. The van der Waals surface area contributed by atoms with Gasteiger partial charge in [-0.05, 0) is 33.0 Å². The molecule has 0 atom stereocenters. The highest BCUT2D eigenvalue weighted by Gasteiger charge is 2.31. The molecule has 1 fully saturated rings. The van der Waals surface area contributed by atoms with Crippen LogP contribution in [0.2, 0.25) is 0 Å². The predicted octanol–water partition coefficient (Wildman–Crippen LogP) is 1.57. The normalized spacial score (nSPS) is 19.9. The molecular weight excluding hydrogens is 200 g/mol. The summed E-state index contributed by atoms with van der Waals surface area (Å²) in [5.74, 6) is 0. The Labute approximate surface area is 100 Å². The molecule has 16 heavy (non-hydrogen) atoms. The summed E-state index contributed by atoms with van der Waals surface area (Å²) in [6.07, 6.45) is 4.37. The summed E-state index contributed by atoms with van der Waals surface area (Å²) in [4.78, 5) is 4.71. The average Bonchev–Trinajstić information content (AvgIpc) is 2.66. The maximum Gasteiger partial charge on any atom is 0.0774 e. The maximum atomic E-state index is 10.3. The molecule has 0 aromatic rings.